The first-order valence-electron chi connectivity index (χ1n) is 20.9. The summed E-state index contributed by atoms with van der Waals surface area (Å²) >= 11 is 0. The minimum absolute atomic E-state index is 0.203. The molecule has 0 heterocycles. The lowest BCUT2D eigenvalue weighted by molar-refractivity contribution is 0.643. The van der Waals surface area contributed by atoms with Gasteiger partial charge >= 0.3 is 0 Å². The highest BCUT2D eigenvalue weighted by Crippen LogP contribution is 2.58. The largest absolute Gasteiger partial charge is 0.334 e. The Morgan fingerprint density at radius 3 is 1.81 bits per heavy atom. The number of aryl methyl sites for hydroxylation is 2. The Labute approximate surface area is 344 Å². The standard InChI is InChI=1S/C56H52N2/c1-35-26-36(2)29-43(28-35)57(39-16-11-9-12-17-39)41-22-24-45-48-34-52-53(47-20-15-21-49(54(47)48)55(5,6)50(45)32-41)46-25-23-42(33-51(46)56(52,7)8)58(40-18-13-10-14-19-40)44-30-37(3)27-38(4)31-44/h9-28,30-34,43H,29H2,1-8H3. The lowest BCUT2D eigenvalue weighted by atomic mass is 9.67. The van der Waals surface area contributed by atoms with Crippen LogP contribution in [-0.2, 0) is 10.8 Å². The van der Waals surface area contributed by atoms with Gasteiger partial charge in [-0.25, -0.2) is 0 Å². The number of para-hydroxylation sites is 2. The molecule has 0 radical (unpaired) electrons. The third-order valence-electron chi connectivity index (χ3n) is 13.3. The molecule has 0 aromatic heterocycles. The number of nitrogens with zero attached hydrogens (tertiary/aromatic N) is 2. The molecule has 0 aliphatic heterocycles. The molecule has 0 spiro atoms. The van der Waals surface area contributed by atoms with Crippen molar-refractivity contribution in [3.63, 3.8) is 0 Å². The van der Waals surface area contributed by atoms with Gasteiger partial charge in [0, 0.05) is 39.3 Å². The molecule has 0 N–H and O–H groups in total. The second-order valence-electron chi connectivity index (χ2n) is 18.2. The fourth-order valence-electron chi connectivity index (χ4n) is 10.7. The number of rotatable bonds is 6. The summed E-state index contributed by atoms with van der Waals surface area (Å²) in [6, 6.07) is 53.0. The van der Waals surface area contributed by atoms with Gasteiger partial charge in [-0.1, -0.05) is 124 Å². The SMILES string of the molecule is CC1=CC(N(c2ccccc2)c2ccc3c(c2)C(C)(C)c2cccc4c5c(cc-3c24)C(C)(C)c2cc(N(c3ccccc3)c3cc(C)cc(C)c3)ccc2-5)CC(C)=C1. The average Bonchev–Trinajstić information content (AvgIpc) is 3.42. The molecule has 0 amide bonds. The Morgan fingerprint density at radius 1 is 0.483 bits per heavy atom. The lowest BCUT2D eigenvalue weighted by Gasteiger charge is -2.39. The number of benzene rings is 7. The van der Waals surface area contributed by atoms with Crippen molar-refractivity contribution in [1.82, 2.24) is 0 Å². The van der Waals surface area contributed by atoms with Gasteiger partial charge in [0.25, 0.3) is 0 Å². The number of hydrogen-bond donors (Lipinski definition) is 0. The summed E-state index contributed by atoms with van der Waals surface area (Å²) in [6.07, 6.45) is 5.78. The number of hydrogen-bond acceptors (Lipinski definition) is 2. The Balaban J connectivity index is 1.14. The molecule has 0 saturated carbocycles. The van der Waals surface area contributed by atoms with Crippen LogP contribution in [0.25, 0.3) is 33.0 Å². The normalized spacial score (nSPS) is 16.9. The predicted octanol–water partition coefficient (Wildman–Crippen LogP) is 15.3. The van der Waals surface area contributed by atoms with Crippen molar-refractivity contribution in [2.75, 3.05) is 9.80 Å². The molecule has 0 saturated heterocycles. The summed E-state index contributed by atoms with van der Waals surface area (Å²) in [5, 5.41) is 2.75. The highest BCUT2D eigenvalue weighted by atomic mass is 15.2. The van der Waals surface area contributed by atoms with Gasteiger partial charge in [-0.05, 0) is 167 Å². The Hall–Kier alpha value is -6.12. The van der Waals surface area contributed by atoms with Crippen LogP contribution in [0, 0.1) is 13.8 Å². The van der Waals surface area contributed by atoms with Gasteiger partial charge in [-0.15, -0.1) is 0 Å². The molecule has 58 heavy (non-hydrogen) atoms. The van der Waals surface area contributed by atoms with E-state index in [1.54, 1.807) is 0 Å². The fourth-order valence-corrected chi connectivity index (χ4v) is 10.7. The van der Waals surface area contributed by atoms with Crippen LogP contribution in [0.4, 0.5) is 28.4 Å². The van der Waals surface area contributed by atoms with E-state index in [9.17, 15) is 0 Å². The van der Waals surface area contributed by atoms with Gasteiger partial charge in [0.1, 0.15) is 0 Å². The van der Waals surface area contributed by atoms with Crippen molar-refractivity contribution in [2.24, 2.45) is 0 Å². The third kappa shape index (κ3) is 5.60. The molecule has 2 nitrogen and oxygen atoms in total. The molecular formula is C56H52N2. The van der Waals surface area contributed by atoms with E-state index in [0.29, 0.717) is 0 Å². The maximum atomic E-state index is 2.56. The minimum atomic E-state index is -0.208. The third-order valence-corrected chi connectivity index (χ3v) is 13.3. The van der Waals surface area contributed by atoms with Crippen LogP contribution in [0.3, 0.4) is 0 Å². The van der Waals surface area contributed by atoms with Crippen LogP contribution in [-0.4, -0.2) is 6.04 Å². The van der Waals surface area contributed by atoms with Gasteiger partial charge in [0.15, 0.2) is 0 Å². The summed E-state index contributed by atoms with van der Waals surface area (Å²) in [6.45, 7) is 18.6. The number of fused-ring (bicyclic) bond motifs is 6. The van der Waals surface area contributed by atoms with E-state index < -0.39 is 0 Å². The Morgan fingerprint density at radius 2 is 1.10 bits per heavy atom. The second kappa shape index (κ2) is 13.2. The smallest absolute Gasteiger partial charge is 0.0564 e. The zero-order valence-electron chi connectivity index (χ0n) is 35.1. The predicted molar refractivity (Wildman–Crippen MR) is 248 cm³/mol. The monoisotopic (exact) mass is 752 g/mol. The quantitative estimate of drug-likeness (QED) is 0.167. The van der Waals surface area contributed by atoms with E-state index in [4.69, 9.17) is 0 Å². The van der Waals surface area contributed by atoms with Crippen LogP contribution in [0.15, 0.2) is 163 Å². The second-order valence-corrected chi connectivity index (χ2v) is 18.2. The van der Waals surface area contributed by atoms with Crippen molar-refractivity contribution < 1.29 is 0 Å². The first-order valence-corrected chi connectivity index (χ1v) is 20.9. The zero-order valence-corrected chi connectivity index (χ0v) is 35.1. The first-order chi connectivity index (χ1) is 27.9. The molecule has 3 aliphatic rings. The van der Waals surface area contributed by atoms with E-state index in [1.807, 2.05) is 0 Å². The van der Waals surface area contributed by atoms with E-state index >= 15 is 0 Å². The van der Waals surface area contributed by atoms with Crippen molar-refractivity contribution in [2.45, 2.75) is 78.7 Å². The number of allylic oxidation sites excluding steroid dienone is 2. The topological polar surface area (TPSA) is 6.48 Å². The van der Waals surface area contributed by atoms with Gasteiger partial charge in [0.2, 0.25) is 0 Å². The first kappa shape index (κ1) is 36.2. The zero-order chi connectivity index (χ0) is 40.1. The average molecular weight is 753 g/mol. The molecule has 7 aromatic rings. The van der Waals surface area contributed by atoms with Gasteiger partial charge in [-0.3, -0.25) is 0 Å². The lowest BCUT2D eigenvalue weighted by Crippen LogP contribution is -2.32. The fraction of sp³-hybridized carbons (Fsp3) is 0.214. The van der Waals surface area contributed by atoms with E-state index in [0.717, 1.165) is 12.1 Å². The molecule has 1 unspecified atom stereocenters. The summed E-state index contributed by atoms with van der Waals surface area (Å²) in [5.74, 6) is 0. The highest BCUT2D eigenvalue weighted by Gasteiger charge is 2.41. The van der Waals surface area contributed by atoms with Crippen molar-refractivity contribution >= 4 is 39.2 Å². The minimum Gasteiger partial charge on any atom is -0.334 e. The Bertz CT molecular complexity index is 2830. The van der Waals surface area contributed by atoms with E-state index in [1.165, 1.54) is 100 Å². The highest BCUT2D eigenvalue weighted by molar-refractivity contribution is 6.12. The molecular weight excluding hydrogens is 701 g/mol. The van der Waals surface area contributed by atoms with Gasteiger partial charge in [-0.2, -0.15) is 0 Å². The van der Waals surface area contributed by atoms with Gasteiger partial charge in [0.05, 0.1) is 6.04 Å². The van der Waals surface area contributed by atoms with Crippen LogP contribution in [0.5, 0.6) is 0 Å². The summed E-state index contributed by atoms with van der Waals surface area (Å²) in [5.41, 5.74) is 21.9. The molecule has 2 heteroatoms. The van der Waals surface area contributed by atoms with E-state index in [-0.39, 0.29) is 16.9 Å². The van der Waals surface area contributed by atoms with Gasteiger partial charge < -0.3 is 9.80 Å². The van der Waals surface area contributed by atoms with E-state index in [2.05, 4.69) is 217 Å². The van der Waals surface area contributed by atoms with Crippen molar-refractivity contribution in [1.29, 1.82) is 0 Å². The number of anilines is 5. The van der Waals surface area contributed by atoms with Crippen molar-refractivity contribution in [3.05, 3.63) is 196 Å². The van der Waals surface area contributed by atoms with Crippen LogP contribution >= 0.6 is 0 Å². The van der Waals surface area contributed by atoms with Crippen molar-refractivity contribution in [3.8, 4) is 22.3 Å². The summed E-state index contributed by atoms with van der Waals surface area (Å²) in [4.78, 5) is 4.98. The van der Waals surface area contributed by atoms with Crippen LogP contribution in [0.1, 0.15) is 81.3 Å². The molecule has 0 fully saturated rings. The Kier molecular flexibility index (Phi) is 8.26. The maximum absolute atomic E-state index is 2.56. The molecule has 3 aliphatic carbocycles. The molecule has 286 valence electrons. The molecule has 10 rings (SSSR count). The molecule has 0 bridgehead atoms. The van der Waals surface area contributed by atoms with Crippen LogP contribution < -0.4 is 9.80 Å². The maximum Gasteiger partial charge on any atom is 0.0564 e. The summed E-state index contributed by atoms with van der Waals surface area (Å²) in [7, 11) is 0. The summed E-state index contributed by atoms with van der Waals surface area (Å²) < 4.78 is 0. The van der Waals surface area contributed by atoms with Crippen LogP contribution in [0.2, 0.25) is 0 Å². The molecule has 7 aromatic carbocycles. The molecule has 1 atom stereocenters.